The fourth-order valence-corrected chi connectivity index (χ4v) is 2.58. The molecule has 0 aliphatic heterocycles. The Kier molecular flexibility index (Phi) is 1.39. The van der Waals surface area contributed by atoms with Crippen LogP contribution in [0.1, 0.15) is 11.1 Å². The van der Waals surface area contributed by atoms with Crippen LogP contribution in [-0.4, -0.2) is 0 Å². The van der Waals surface area contributed by atoms with Gasteiger partial charge >= 0.3 is 0 Å². The highest BCUT2D eigenvalue weighted by Gasteiger charge is 2.05. The van der Waals surface area contributed by atoms with E-state index in [1.165, 1.54) is 32.0 Å². The lowest BCUT2D eigenvalue weighted by molar-refractivity contribution is 1.45. The third-order valence-corrected chi connectivity index (χ3v) is 3.37. The molecule has 0 heterocycles. The maximum absolute atomic E-state index is 2.30. The van der Waals surface area contributed by atoms with E-state index in [9.17, 15) is 0 Å². The Bertz CT molecular complexity index is 837. The zero-order valence-electron chi connectivity index (χ0n) is 8.77. The first-order valence-corrected chi connectivity index (χ1v) is 5.55. The van der Waals surface area contributed by atoms with Crippen molar-refractivity contribution < 1.29 is 0 Å². The van der Waals surface area contributed by atoms with Gasteiger partial charge in [-0.3, -0.25) is 0 Å². The molecule has 0 unspecified atom stereocenters. The minimum absolute atomic E-state index is 1.34. The SMILES string of the molecule is C1=Cc2cc3c(cc2=C1)C=c1ccccc1=3. The van der Waals surface area contributed by atoms with Crippen molar-refractivity contribution in [2.75, 3.05) is 0 Å². The zero-order chi connectivity index (χ0) is 10.5. The van der Waals surface area contributed by atoms with Gasteiger partial charge in [0.1, 0.15) is 0 Å². The van der Waals surface area contributed by atoms with Crippen molar-refractivity contribution in [3.05, 3.63) is 74.5 Å². The summed E-state index contributed by atoms with van der Waals surface area (Å²) in [5.74, 6) is 0. The lowest BCUT2D eigenvalue weighted by Gasteiger charge is -1.95. The first-order valence-electron chi connectivity index (χ1n) is 5.55. The average molecular weight is 202 g/mol. The number of hydrogen-bond acceptors (Lipinski definition) is 0. The van der Waals surface area contributed by atoms with Crippen LogP contribution < -0.4 is 10.4 Å². The lowest BCUT2D eigenvalue weighted by Crippen LogP contribution is -2.02. The maximum Gasteiger partial charge on any atom is -0.00988 e. The monoisotopic (exact) mass is 202 g/mol. The van der Waals surface area contributed by atoms with E-state index in [-0.39, 0.29) is 0 Å². The summed E-state index contributed by atoms with van der Waals surface area (Å²) < 4.78 is 0. The standard InChI is InChI=1S/C16H10/c1-2-7-15-13(4-1)9-14-8-11-5-3-6-12(11)10-16(14)15/h1-10H. The molecule has 0 bridgehead atoms. The van der Waals surface area contributed by atoms with Crippen molar-refractivity contribution >= 4 is 18.2 Å². The van der Waals surface area contributed by atoms with Crippen LogP contribution in [0.25, 0.3) is 18.2 Å². The Hall–Kier alpha value is -2.08. The van der Waals surface area contributed by atoms with Crippen molar-refractivity contribution in [1.29, 1.82) is 0 Å². The predicted octanol–water partition coefficient (Wildman–Crippen LogP) is 1.92. The highest BCUT2D eigenvalue weighted by atomic mass is 14.1. The van der Waals surface area contributed by atoms with Gasteiger partial charge in [0.15, 0.2) is 0 Å². The Labute approximate surface area is 93.2 Å². The summed E-state index contributed by atoms with van der Waals surface area (Å²) >= 11 is 0. The number of fused-ring (bicyclic) bond motifs is 3. The molecule has 0 heteroatoms. The second-order valence-electron chi connectivity index (χ2n) is 4.33. The normalized spacial score (nSPS) is 13.8. The lowest BCUT2D eigenvalue weighted by atomic mass is 10.1. The van der Waals surface area contributed by atoms with Gasteiger partial charge in [-0.15, -0.1) is 0 Å². The summed E-state index contributed by atoms with van der Waals surface area (Å²) in [5, 5.41) is 5.41. The molecule has 0 nitrogen and oxygen atoms in total. The van der Waals surface area contributed by atoms with Crippen LogP contribution >= 0.6 is 0 Å². The molecule has 2 aromatic carbocycles. The molecule has 0 spiro atoms. The van der Waals surface area contributed by atoms with Crippen LogP contribution in [0.4, 0.5) is 0 Å². The topological polar surface area (TPSA) is 0 Å². The molecule has 74 valence electrons. The van der Waals surface area contributed by atoms with Gasteiger partial charge in [-0.2, -0.15) is 0 Å². The fourth-order valence-electron chi connectivity index (χ4n) is 2.58. The second kappa shape index (κ2) is 2.73. The third-order valence-electron chi connectivity index (χ3n) is 3.37. The van der Waals surface area contributed by atoms with Crippen molar-refractivity contribution in [3.8, 4) is 0 Å². The Morgan fingerprint density at radius 3 is 2.69 bits per heavy atom. The number of allylic oxidation sites excluding steroid dienone is 1. The summed E-state index contributed by atoms with van der Waals surface area (Å²) in [4.78, 5) is 0. The van der Waals surface area contributed by atoms with Crippen molar-refractivity contribution in [3.63, 3.8) is 0 Å². The molecule has 16 heavy (non-hydrogen) atoms. The van der Waals surface area contributed by atoms with Gasteiger partial charge in [0.05, 0.1) is 0 Å². The van der Waals surface area contributed by atoms with Crippen LogP contribution in [0.3, 0.4) is 0 Å². The summed E-state index contributed by atoms with van der Waals surface area (Å²) in [5.41, 5.74) is 2.68. The van der Waals surface area contributed by atoms with E-state index in [0.29, 0.717) is 0 Å². The highest BCUT2D eigenvalue weighted by Crippen LogP contribution is 2.12. The van der Waals surface area contributed by atoms with E-state index in [1.807, 2.05) is 0 Å². The summed E-state index contributed by atoms with van der Waals surface area (Å²) in [6.07, 6.45) is 8.74. The molecule has 0 amide bonds. The first kappa shape index (κ1) is 8.12. The number of rotatable bonds is 0. The van der Waals surface area contributed by atoms with Crippen LogP contribution in [-0.2, 0) is 0 Å². The van der Waals surface area contributed by atoms with Gasteiger partial charge in [-0.05, 0) is 50.2 Å². The molecule has 0 fully saturated rings. The van der Waals surface area contributed by atoms with Crippen LogP contribution in [0, 0.1) is 10.4 Å². The van der Waals surface area contributed by atoms with Crippen LogP contribution in [0.15, 0.2) is 42.5 Å². The summed E-state index contributed by atoms with van der Waals surface area (Å²) in [7, 11) is 0. The van der Waals surface area contributed by atoms with E-state index in [2.05, 4.69) is 60.7 Å². The Morgan fingerprint density at radius 1 is 0.750 bits per heavy atom. The van der Waals surface area contributed by atoms with Gasteiger partial charge in [0, 0.05) is 0 Å². The number of benzene rings is 2. The zero-order valence-corrected chi connectivity index (χ0v) is 8.77. The number of hydrogen-bond donors (Lipinski definition) is 0. The molecular weight excluding hydrogens is 192 g/mol. The molecule has 2 aromatic rings. The van der Waals surface area contributed by atoms with Gasteiger partial charge in [-0.25, -0.2) is 0 Å². The van der Waals surface area contributed by atoms with E-state index in [4.69, 9.17) is 0 Å². The van der Waals surface area contributed by atoms with Gasteiger partial charge < -0.3 is 0 Å². The van der Waals surface area contributed by atoms with Crippen molar-refractivity contribution in [1.82, 2.24) is 0 Å². The van der Waals surface area contributed by atoms with Crippen molar-refractivity contribution in [2.45, 2.75) is 0 Å². The van der Waals surface area contributed by atoms with Gasteiger partial charge in [0.25, 0.3) is 0 Å². The van der Waals surface area contributed by atoms with E-state index in [1.54, 1.807) is 0 Å². The highest BCUT2D eigenvalue weighted by molar-refractivity contribution is 5.69. The third kappa shape index (κ3) is 0.938. The molecule has 0 saturated carbocycles. The second-order valence-corrected chi connectivity index (χ2v) is 4.33. The molecule has 2 aliphatic rings. The molecule has 2 aliphatic carbocycles. The summed E-state index contributed by atoms with van der Waals surface area (Å²) in [6, 6.07) is 13.2. The molecule has 4 rings (SSSR count). The maximum atomic E-state index is 2.30. The molecular formula is C16H10. The van der Waals surface area contributed by atoms with E-state index in [0.717, 1.165) is 0 Å². The van der Waals surface area contributed by atoms with Crippen molar-refractivity contribution in [2.24, 2.45) is 0 Å². The average Bonchev–Trinajstić information content (AvgIpc) is 2.88. The summed E-state index contributed by atoms with van der Waals surface area (Å²) in [6.45, 7) is 0. The predicted molar refractivity (Wildman–Crippen MR) is 66.9 cm³/mol. The fraction of sp³-hybridized carbons (Fsp3) is 0. The molecule has 0 radical (unpaired) electrons. The minimum atomic E-state index is 1.34. The molecule has 0 aromatic heterocycles. The van der Waals surface area contributed by atoms with Crippen LogP contribution in [0.5, 0.6) is 0 Å². The van der Waals surface area contributed by atoms with Crippen LogP contribution in [0.2, 0.25) is 0 Å². The minimum Gasteiger partial charge on any atom is -0.0616 e. The van der Waals surface area contributed by atoms with E-state index >= 15 is 0 Å². The van der Waals surface area contributed by atoms with Gasteiger partial charge in [-0.1, -0.05) is 42.5 Å². The molecule has 0 N–H and O–H groups in total. The Balaban J connectivity index is 2.31. The quantitative estimate of drug-likeness (QED) is 0.522. The molecule has 0 saturated heterocycles. The van der Waals surface area contributed by atoms with E-state index < -0.39 is 0 Å². The smallest absolute Gasteiger partial charge is 0.00988 e. The van der Waals surface area contributed by atoms with Gasteiger partial charge in [0.2, 0.25) is 0 Å². The molecule has 0 atom stereocenters. The first-order chi connectivity index (χ1) is 7.92. The Morgan fingerprint density at radius 2 is 1.69 bits per heavy atom. The largest absolute Gasteiger partial charge is 0.0616 e.